The van der Waals surface area contributed by atoms with E-state index >= 15 is 0 Å². The molecule has 5 heteroatoms. The molecule has 0 saturated heterocycles. The molecule has 0 unspecified atom stereocenters. The normalized spacial score (nSPS) is 10.8. The fraction of sp³-hybridized carbons (Fsp3) is 0.300. The molecule has 0 radical (unpaired) electrons. The number of hydrogen-bond acceptors (Lipinski definition) is 4. The molecule has 2 heterocycles. The molecular formula is C10H10BrNOS2. The van der Waals surface area contributed by atoms with Crippen LogP contribution in [0.3, 0.4) is 0 Å². The Morgan fingerprint density at radius 3 is 2.87 bits per heavy atom. The van der Waals surface area contributed by atoms with Gasteiger partial charge < -0.3 is 5.11 Å². The number of rotatable bonds is 4. The van der Waals surface area contributed by atoms with E-state index in [1.165, 1.54) is 4.88 Å². The average Bonchev–Trinajstić information content (AvgIpc) is 2.83. The maximum atomic E-state index is 8.73. The molecule has 0 fully saturated rings. The molecule has 0 aliphatic carbocycles. The lowest BCUT2D eigenvalue weighted by Crippen LogP contribution is -1.88. The van der Waals surface area contributed by atoms with E-state index in [0.717, 1.165) is 28.0 Å². The summed E-state index contributed by atoms with van der Waals surface area (Å²) < 4.78 is 1.10. The number of aryl methyl sites for hydroxylation is 1. The van der Waals surface area contributed by atoms with Crippen molar-refractivity contribution in [3.63, 3.8) is 0 Å². The maximum Gasteiger partial charge on any atom is 0.0933 e. The minimum atomic E-state index is 0.236. The number of thiazole rings is 1. The second-order valence-electron chi connectivity index (χ2n) is 3.08. The molecule has 0 aromatic carbocycles. The maximum absolute atomic E-state index is 8.73. The Morgan fingerprint density at radius 2 is 2.20 bits per heavy atom. The summed E-state index contributed by atoms with van der Waals surface area (Å²) in [6.07, 6.45) is 1.66. The van der Waals surface area contributed by atoms with Gasteiger partial charge in [0.15, 0.2) is 0 Å². The highest BCUT2D eigenvalue weighted by molar-refractivity contribution is 9.10. The van der Waals surface area contributed by atoms with Crippen LogP contribution in [0.5, 0.6) is 0 Å². The Hall–Kier alpha value is -0.230. The summed E-state index contributed by atoms with van der Waals surface area (Å²) in [6.45, 7) is 0.236. The predicted octanol–water partition coefficient (Wildman–Crippen LogP) is 3.56. The van der Waals surface area contributed by atoms with Gasteiger partial charge in [0.05, 0.1) is 15.6 Å². The van der Waals surface area contributed by atoms with Crippen LogP contribution >= 0.6 is 38.6 Å². The van der Waals surface area contributed by atoms with Gasteiger partial charge in [0.2, 0.25) is 0 Å². The third-order valence-corrected chi connectivity index (χ3v) is 4.54. The predicted molar refractivity (Wildman–Crippen MR) is 68.5 cm³/mol. The van der Waals surface area contributed by atoms with Gasteiger partial charge in [0.1, 0.15) is 0 Å². The first-order valence-corrected chi connectivity index (χ1v) is 7.14. The largest absolute Gasteiger partial charge is 0.396 e. The van der Waals surface area contributed by atoms with Crippen molar-refractivity contribution in [2.75, 3.05) is 6.61 Å². The Kier molecular flexibility index (Phi) is 3.91. The van der Waals surface area contributed by atoms with Crippen LogP contribution in [0.15, 0.2) is 21.3 Å². The Morgan fingerprint density at radius 1 is 1.33 bits per heavy atom. The van der Waals surface area contributed by atoms with Crippen molar-refractivity contribution in [1.29, 1.82) is 0 Å². The molecule has 1 N–H and O–H groups in total. The van der Waals surface area contributed by atoms with Crippen LogP contribution < -0.4 is 0 Å². The molecule has 80 valence electrons. The average molecular weight is 304 g/mol. The summed E-state index contributed by atoms with van der Waals surface area (Å²) in [5.74, 6) is 0. The molecule has 0 aliphatic heterocycles. The summed E-state index contributed by atoms with van der Waals surface area (Å²) in [6, 6.07) is 2.08. The fourth-order valence-electron chi connectivity index (χ4n) is 1.22. The van der Waals surface area contributed by atoms with Crippen LogP contribution in [0.1, 0.15) is 11.4 Å². The first kappa shape index (κ1) is 11.3. The van der Waals surface area contributed by atoms with Gasteiger partial charge in [-0.1, -0.05) is 0 Å². The van der Waals surface area contributed by atoms with Crippen LogP contribution in [0.2, 0.25) is 0 Å². The van der Waals surface area contributed by atoms with E-state index in [2.05, 4.69) is 37.7 Å². The lowest BCUT2D eigenvalue weighted by atomic mass is 10.3. The van der Waals surface area contributed by atoms with Crippen LogP contribution in [0.4, 0.5) is 0 Å². The number of aliphatic hydroxyl groups is 1. The number of aromatic nitrogens is 1. The molecule has 0 atom stereocenters. The highest BCUT2D eigenvalue weighted by atomic mass is 79.9. The standard InChI is InChI=1S/C10H10BrNOS2/c11-7-4-9(14-5-7)8-6-15-10(12-8)2-1-3-13/h4-6,13H,1-3H2. The Balaban J connectivity index is 2.13. The van der Waals surface area contributed by atoms with Crippen molar-refractivity contribution in [3.05, 3.63) is 26.3 Å². The summed E-state index contributed by atoms with van der Waals surface area (Å²) >= 11 is 6.78. The third kappa shape index (κ3) is 2.87. The minimum Gasteiger partial charge on any atom is -0.396 e. The van der Waals surface area contributed by atoms with E-state index in [9.17, 15) is 0 Å². The highest BCUT2D eigenvalue weighted by Gasteiger charge is 2.06. The first-order chi connectivity index (χ1) is 7.29. The van der Waals surface area contributed by atoms with Crippen LogP contribution in [-0.4, -0.2) is 16.7 Å². The SMILES string of the molecule is OCCCc1nc(-c2cc(Br)cs2)cs1. The van der Waals surface area contributed by atoms with E-state index < -0.39 is 0 Å². The zero-order valence-corrected chi connectivity index (χ0v) is 11.2. The summed E-state index contributed by atoms with van der Waals surface area (Å²) in [7, 11) is 0. The molecule has 2 aromatic rings. The molecule has 2 aromatic heterocycles. The van der Waals surface area contributed by atoms with Crippen molar-refractivity contribution in [2.45, 2.75) is 12.8 Å². The zero-order chi connectivity index (χ0) is 10.7. The van der Waals surface area contributed by atoms with E-state index in [1.807, 2.05) is 0 Å². The quantitative estimate of drug-likeness (QED) is 0.937. The highest BCUT2D eigenvalue weighted by Crippen LogP contribution is 2.30. The van der Waals surface area contributed by atoms with E-state index in [-0.39, 0.29) is 6.61 Å². The monoisotopic (exact) mass is 303 g/mol. The number of thiophene rings is 1. The van der Waals surface area contributed by atoms with Crippen molar-refractivity contribution in [2.24, 2.45) is 0 Å². The zero-order valence-electron chi connectivity index (χ0n) is 7.94. The van der Waals surface area contributed by atoms with Gasteiger partial charge in [-0.2, -0.15) is 0 Å². The number of nitrogens with zero attached hydrogens (tertiary/aromatic N) is 1. The van der Waals surface area contributed by atoms with Gasteiger partial charge >= 0.3 is 0 Å². The lowest BCUT2D eigenvalue weighted by Gasteiger charge is -1.91. The van der Waals surface area contributed by atoms with Gasteiger partial charge in [0, 0.05) is 28.3 Å². The second kappa shape index (κ2) is 5.21. The number of hydrogen-bond donors (Lipinski definition) is 1. The fourth-order valence-corrected chi connectivity index (χ4v) is 3.52. The molecule has 2 nitrogen and oxygen atoms in total. The van der Waals surface area contributed by atoms with Gasteiger partial charge in [0.25, 0.3) is 0 Å². The first-order valence-electron chi connectivity index (χ1n) is 4.59. The number of aliphatic hydroxyl groups excluding tert-OH is 1. The number of halogens is 1. The lowest BCUT2D eigenvalue weighted by molar-refractivity contribution is 0.288. The topological polar surface area (TPSA) is 33.1 Å². The van der Waals surface area contributed by atoms with Crippen molar-refractivity contribution < 1.29 is 5.11 Å². The van der Waals surface area contributed by atoms with Gasteiger partial charge in [-0.25, -0.2) is 4.98 Å². The van der Waals surface area contributed by atoms with Gasteiger partial charge in [-0.05, 0) is 28.4 Å². The molecule has 0 bridgehead atoms. The van der Waals surface area contributed by atoms with Crippen LogP contribution in [-0.2, 0) is 6.42 Å². The van der Waals surface area contributed by atoms with Crippen LogP contribution in [0, 0.1) is 0 Å². The smallest absolute Gasteiger partial charge is 0.0933 e. The minimum absolute atomic E-state index is 0.236. The van der Waals surface area contributed by atoms with E-state index in [1.54, 1.807) is 22.7 Å². The molecule has 0 saturated carbocycles. The van der Waals surface area contributed by atoms with Crippen molar-refractivity contribution >= 4 is 38.6 Å². The summed E-state index contributed by atoms with van der Waals surface area (Å²) in [5.41, 5.74) is 1.05. The van der Waals surface area contributed by atoms with E-state index in [4.69, 9.17) is 5.11 Å². The van der Waals surface area contributed by atoms with Gasteiger partial charge in [-0.15, -0.1) is 22.7 Å². The van der Waals surface area contributed by atoms with E-state index in [0.29, 0.717) is 0 Å². The molecule has 0 spiro atoms. The summed E-state index contributed by atoms with van der Waals surface area (Å²) in [4.78, 5) is 5.72. The molecular weight excluding hydrogens is 294 g/mol. The van der Waals surface area contributed by atoms with Crippen molar-refractivity contribution in [1.82, 2.24) is 4.98 Å². The summed E-state index contributed by atoms with van der Waals surface area (Å²) in [5, 5.41) is 14.0. The van der Waals surface area contributed by atoms with Crippen LogP contribution in [0.25, 0.3) is 10.6 Å². The second-order valence-corrected chi connectivity index (χ2v) is 5.85. The third-order valence-electron chi connectivity index (χ3n) is 1.92. The molecule has 15 heavy (non-hydrogen) atoms. The Bertz CT molecular complexity index is 438. The Labute approximate surface area is 105 Å². The molecule has 2 rings (SSSR count). The van der Waals surface area contributed by atoms with Gasteiger partial charge in [-0.3, -0.25) is 0 Å². The molecule has 0 amide bonds. The van der Waals surface area contributed by atoms with Crippen molar-refractivity contribution in [3.8, 4) is 10.6 Å². The molecule has 0 aliphatic rings.